The highest BCUT2D eigenvalue weighted by atomic mass is 79.9. The number of amides is 1. The maximum atomic E-state index is 11.7. The number of thiophene rings is 1. The van der Waals surface area contributed by atoms with Gasteiger partial charge >= 0.3 is 6.09 Å². The van der Waals surface area contributed by atoms with Crippen LogP contribution in [0.15, 0.2) is 15.9 Å². The SMILES string of the molecule is CCOC(=O)N1CCN(C(c2cc(Br)cs2)C(C)N)CC1. The Labute approximate surface area is 138 Å². The van der Waals surface area contributed by atoms with Gasteiger partial charge in [-0.05, 0) is 35.8 Å². The molecule has 7 heteroatoms. The van der Waals surface area contributed by atoms with Crippen LogP contribution in [0.3, 0.4) is 0 Å². The molecule has 2 rings (SSSR count). The van der Waals surface area contributed by atoms with E-state index in [0.29, 0.717) is 19.7 Å². The van der Waals surface area contributed by atoms with Gasteiger partial charge in [-0.3, -0.25) is 4.90 Å². The lowest BCUT2D eigenvalue weighted by molar-refractivity contribution is 0.0625. The largest absolute Gasteiger partial charge is 0.450 e. The van der Waals surface area contributed by atoms with Gasteiger partial charge in [0.15, 0.2) is 0 Å². The van der Waals surface area contributed by atoms with Crippen molar-refractivity contribution in [3.05, 3.63) is 20.8 Å². The van der Waals surface area contributed by atoms with Crippen molar-refractivity contribution in [3.8, 4) is 0 Å². The molecule has 2 heterocycles. The minimum Gasteiger partial charge on any atom is -0.450 e. The third-order valence-electron chi connectivity index (χ3n) is 3.61. The summed E-state index contributed by atoms with van der Waals surface area (Å²) in [4.78, 5) is 17.1. The van der Waals surface area contributed by atoms with Crippen molar-refractivity contribution in [1.29, 1.82) is 0 Å². The highest BCUT2D eigenvalue weighted by molar-refractivity contribution is 9.10. The molecule has 0 saturated carbocycles. The number of carbonyl (C=O) groups excluding carboxylic acids is 1. The standard InChI is InChI=1S/C14H22BrN3O2S/c1-3-20-14(19)18-6-4-17(5-7-18)13(10(2)16)12-8-11(15)9-21-12/h8-10,13H,3-7,16H2,1-2H3. The van der Waals surface area contributed by atoms with Gasteiger partial charge in [0.1, 0.15) is 0 Å². The fraction of sp³-hybridized carbons (Fsp3) is 0.643. The Kier molecular flexibility index (Phi) is 6.04. The van der Waals surface area contributed by atoms with Crippen LogP contribution in [0.2, 0.25) is 0 Å². The third kappa shape index (κ3) is 4.18. The highest BCUT2D eigenvalue weighted by Gasteiger charge is 2.30. The summed E-state index contributed by atoms with van der Waals surface area (Å²) in [5, 5.41) is 2.08. The van der Waals surface area contributed by atoms with Gasteiger partial charge in [0.2, 0.25) is 0 Å². The number of nitrogens with zero attached hydrogens (tertiary/aromatic N) is 2. The van der Waals surface area contributed by atoms with Crippen molar-refractivity contribution >= 4 is 33.4 Å². The normalized spacial score (nSPS) is 19.3. The lowest BCUT2D eigenvalue weighted by Gasteiger charge is -2.40. The second-order valence-electron chi connectivity index (χ2n) is 5.19. The number of hydrogen-bond donors (Lipinski definition) is 1. The summed E-state index contributed by atoms with van der Waals surface area (Å²) in [5.41, 5.74) is 6.20. The van der Waals surface area contributed by atoms with Crippen LogP contribution < -0.4 is 5.73 Å². The Morgan fingerprint density at radius 3 is 2.62 bits per heavy atom. The zero-order valence-electron chi connectivity index (χ0n) is 12.4. The number of carbonyl (C=O) groups is 1. The van der Waals surface area contributed by atoms with Gasteiger partial charge in [0.05, 0.1) is 12.6 Å². The molecule has 21 heavy (non-hydrogen) atoms. The molecule has 1 aliphatic heterocycles. The van der Waals surface area contributed by atoms with E-state index in [2.05, 4.69) is 32.3 Å². The zero-order chi connectivity index (χ0) is 15.4. The molecule has 1 aliphatic rings. The minimum absolute atomic E-state index is 0.0460. The third-order valence-corrected chi connectivity index (χ3v) is 5.38. The fourth-order valence-corrected chi connectivity index (χ4v) is 4.35. The monoisotopic (exact) mass is 375 g/mol. The maximum Gasteiger partial charge on any atom is 0.409 e. The van der Waals surface area contributed by atoms with Gasteiger partial charge in [0, 0.05) is 47.0 Å². The lowest BCUT2D eigenvalue weighted by atomic mass is 10.1. The summed E-state index contributed by atoms with van der Waals surface area (Å²) in [5.74, 6) is 0. The quantitative estimate of drug-likeness (QED) is 0.878. The molecule has 1 saturated heterocycles. The topological polar surface area (TPSA) is 58.8 Å². The Morgan fingerprint density at radius 2 is 2.14 bits per heavy atom. The molecule has 1 aromatic heterocycles. The smallest absolute Gasteiger partial charge is 0.409 e. The average molecular weight is 376 g/mol. The van der Waals surface area contributed by atoms with Crippen LogP contribution in [-0.2, 0) is 4.74 Å². The van der Waals surface area contributed by atoms with Crippen LogP contribution in [0.25, 0.3) is 0 Å². The molecule has 2 unspecified atom stereocenters. The Balaban J connectivity index is 2.00. The summed E-state index contributed by atoms with van der Waals surface area (Å²) in [6, 6.07) is 2.38. The molecule has 1 amide bonds. The maximum absolute atomic E-state index is 11.7. The van der Waals surface area contributed by atoms with Gasteiger partial charge in [-0.25, -0.2) is 4.79 Å². The molecule has 118 valence electrons. The Morgan fingerprint density at radius 1 is 1.48 bits per heavy atom. The van der Waals surface area contributed by atoms with Crippen LogP contribution in [0.4, 0.5) is 4.79 Å². The van der Waals surface area contributed by atoms with E-state index in [1.54, 1.807) is 16.2 Å². The minimum atomic E-state index is -0.214. The van der Waals surface area contributed by atoms with Crippen LogP contribution >= 0.6 is 27.3 Å². The fourth-order valence-electron chi connectivity index (χ4n) is 2.65. The van der Waals surface area contributed by atoms with Gasteiger partial charge in [-0.2, -0.15) is 0 Å². The molecule has 5 nitrogen and oxygen atoms in total. The number of nitrogens with two attached hydrogens (primary N) is 1. The molecule has 0 radical (unpaired) electrons. The molecule has 0 aromatic carbocycles. The van der Waals surface area contributed by atoms with E-state index < -0.39 is 0 Å². The molecule has 2 atom stereocenters. The second kappa shape index (κ2) is 7.58. The summed E-state index contributed by atoms with van der Waals surface area (Å²) < 4.78 is 6.15. The van der Waals surface area contributed by atoms with Crippen LogP contribution in [0.5, 0.6) is 0 Å². The molecule has 0 aliphatic carbocycles. The van der Waals surface area contributed by atoms with Crippen LogP contribution in [0.1, 0.15) is 24.8 Å². The van der Waals surface area contributed by atoms with E-state index in [-0.39, 0.29) is 18.2 Å². The lowest BCUT2D eigenvalue weighted by Crippen LogP contribution is -2.52. The van der Waals surface area contributed by atoms with E-state index >= 15 is 0 Å². The first kappa shape index (κ1) is 16.7. The Hall–Kier alpha value is -0.630. The van der Waals surface area contributed by atoms with Crippen molar-refractivity contribution in [2.75, 3.05) is 32.8 Å². The number of piperazine rings is 1. The molecule has 1 aromatic rings. The van der Waals surface area contributed by atoms with Gasteiger partial charge < -0.3 is 15.4 Å². The van der Waals surface area contributed by atoms with Crippen molar-refractivity contribution < 1.29 is 9.53 Å². The van der Waals surface area contributed by atoms with Crippen molar-refractivity contribution in [1.82, 2.24) is 9.80 Å². The van der Waals surface area contributed by atoms with Crippen LogP contribution in [-0.4, -0.2) is 54.7 Å². The van der Waals surface area contributed by atoms with Gasteiger partial charge in [-0.1, -0.05) is 0 Å². The number of hydrogen-bond acceptors (Lipinski definition) is 5. The summed E-state index contributed by atoms with van der Waals surface area (Å²) in [6.07, 6.45) is -0.214. The predicted octanol–water partition coefficient (Wildman–Crippen LogP) is 2.67. The second-order valence-corrected chi connectivity index (χ2v) is 7.05. The van der Waals surface area contributed by atoms with Crippen LogP contribution in [0, 0.1) is 0 Å². The summed E-state index contributed by atoms with van der Waals surface area (Å²) in [6.45, 7) is 7.31. The first-order valence-electron chi connectivity index (χ1n) is 7.18. The molecule has 2 N–H and O–H groups in total. The van der Waals surface area contributed by atoms with E-state index in [4.69, 9.17) is 10.5 Å². The molecule has 0 bridgehead atoms. The Bertz CT molecular complexity index is 473. The first-order chi connectivity index (χ1) is 10.0. The van der Waals surface area contributed by atoms with E-state index in [1.165, 1.54) is 4.88 Å². The number of halogens is 1. The molecule has 0 spiro atoms. The summed E-state index contributed by atoms with van der Waals surface area (Å²) >= 11 is 5.22. The van der Waals surface area contributed by atoms with Crippen molar-refractivity contribution in [3.63, 3.8) is 0 Å². The van der Waals surface area contributed by atoms with Crippen molar-refractivity contribution in [2.45, 2.75) is 25.9 Å². The summed E-state index contributed by atoms with van der Waals surface area (Å²) in [7, 11) is 0. The average Bonchev–Trinajstić information content (AvgIpc) is 2.86. The van der Waals surface area contributed by atoms with E-state index in [9.17, 15) is 4.79 Å². The van der Waals surface area contributed by atoms with E-state index in [0.717, 1.165) is 17.6 Å². The highest BCUT2D eigenvalue weighted by Crippen LogP contribution is 2.32. The van der Waals surface area contributed by atoms with Crippen molar-refractivity contribution in [2.24, 2.45) is 5.73 Å². The molecule has 1 fully saturated rings. The molecular formula is C14H22BrN3O2S. The van der Waals surface area contributed by atoms with E-state index in [1.807, 2.05) is 13.8 Å². The number of ether oxygens (including phenoxy) is 1. The predicted molar refractivity (Wildman–Crippen MR) is 88.6 cm³/mol. The zero-order valence-corrected chi connectivity index (χ0v) is 14.8. The van der Waals surface area contributed by atoms with Gasteiger partial charge in [0.25, 0.3) is 0 Å². The van der Waals surface area contributed by atoms with Gasteiger partial charge in [-0.15, -0.1) is 11.3 Å². The molecular weight excluding hydrogens is 354 g/mol. The number of rotatable bonds is 4. The first-order valence-corrected chi connectivity index (χ1v) is 8.85.